The molecule has 0 radical (unpaired) electrons. The zero-order valence-electron chi connectivity index (χ0n) is 12.1. The molecule has 2 aromatic rings. The summed E-state index contributed by atoms with van der Waals surface area (Å²) in [7, 11) is -4.14. The van der Waals surface area contributed by atoms with E-state index < -0.39 is 22.1 Å². The maximum Gasteiger partial charge on any atom is 0.341 e. The van der Waals surface area contributed by atoms with Gasteiger partial charge >= 0.3 is 16.1 Å². The monoisotopic (exact) mass is 319 g/mol. The molecule has 116 valence electrons. The zero-order chi connectivity index (χ0) is 16.2. The molecule has 0 aliphatic rings. The molecule has 0 bridgehead atoms. The Bertz CT molecular complexity index is 739. The van der Waals surface area contributed by atoms with E-state index in [0.717, 1.165) is 11.1 Å². The molecule has 2 aromatic carbocycles. The molecule has 0 aliphatic carbocycles. The topological polar surface area (TPSA) is 86.5 Å². The molecule has 0 saturated carbocycles. The molecular weight excluding hydrogens is 302 g/mol. The Kier molecular flexibility index (Phi) is 4.95. The number of rotatable bonds is 5. The Hall–Kier alpha value is -2.18. The minimum absolute atomic E-state index is 0.0710. The van der Waals surface area contributed by atoms with E-state index in [1.807, 2.05) is 37.3 Å². The summed E-state index contributed by atoms with van der Waals surface area (Å²) >= 11 is 0. The molecule has 0 fully saturated rings. The summed E-state index contributed by atoms with van der Waals surface area (Å²) in [5.74, 6) is -0.968. The van der Waals surface area contributed by atoms with E-state index in [9.17, 15) is 13.2 Å². The van der Waals surface area contributed by atoms with Gasteiger partial charge in [0.25, 0.3) is 0 Å². The quantitative estimate of drug-likeness (QED) is 0.849. The highest BCUT2D eigenvalue weighted by atomic mass is 32.2. The van der Waals surface area contributed by atoms with Crippen LogP contribution in [0.5, 0.6) is 0 Å². The first-order valence-corrected chi connectivity index (χ1v) is 8.14. The van der Waals surface area contributed by atoms with Gasteiger partial charge in [-0.1, -0.05) is 48.0 Å². The van der Waals surface area contributed by atoms with Gasteiger partial charge in [-0.15, -0.1) is 0 Å². The summed E-state index contributed by atoms with van der Waals surface area (Å²) in [5.41, 5.74) is 7.46. The van der Waals surface area contributed by atoms with Crippen molar-refractivity contribution >= 4 is 16.1 Å². The van der Waals surface area contributed by atoms with E-state index in [1.54, 1.807) is 12.1 Å². The van der Waals surface area contributed by atoms with Crippen LogP contribution in [0.3, 0.4) is 0 Å². The number of aryl methyl sites for hydroxylation is 1. The summed E-state index contributed by atoms with van der Waals surface area (Å²) in [4.78, 5) is 11.8. The normalized spacial score (nSPS) is 12.6. The Balaban J connectivity index is 2.05. The largest absolute Gasteiger partial charge is 0.341 e. The number of carbonyl (C=O) groups excluding carboxylic acids is 1. The van der Waals surface area contributed by atoms with E-state index in [2.05, 4.69) is 4.18 Å². The maximum absolute atomic E-state index is 12.0. The number of carbonyl (C=O) groups is 1. The number of hydrogen-bond acceptors (Lipinski definition) is 5. The third kappa shape index (κ3) is 4.16. The van der Waals surface area contributed by atoms with Gasteiger partial charge in [0.2, 0.25) is 0 Å². The molecule has 0 spiro atoms. The Morgan fingerprint density at radius 2 is 1.68 bits per heavy atom. The van der Waals surface area contributed by atoms with Gasteiger partial charge < -0.3 is 9.92 Å². The molecule has 0 saturated heterocycles. The van der Waals surface area contributed by atoms with Crippen molar-refractivity contribution in [3.8, 4) is 0 Å². The summed E-state index contributed by atoms with van der Waals surface area (Å²) in [5, 5.41) is 0. The van der Waals surface area contributed by atoms with Crippen LogP contribution in [0.2, 0.25) is 0 Å². The second kappa shape index (κ2) is 6.72. The highest BCUT2D eigenvalue weighted by Crippen LogP contribution is 2.14. The summed E-state index contributed by atoms with van der Waals surface area (Å²) in [6.07, 6.45) is 0.211. The second-order valence-electron chi connectivity index (χ2n) is 4.97. The van der Waals surface area contributed by atoms with E-state index >= 15 is 0 Å². The van der Waals surface area contributed by atoms with Crippen LogP contribution in [0.25, 0.3) is 0 Å². The molecule has 0 aromatic heterocycles. The first kappa shape index (κ1) is 16.2. The third-order valence-corrected chi connectivity index (χ3v) is 4.34. The Morgan fingerprint density at radius 3 is 2.27 bits per heavy atom. The summed E-state index contributed by atoms with van der Waals surface area (Å²) in [6.45, 7) is 1.83. The molecule has 22 heavy (non-hydrogen) atoms. The van der Waals surface area contributed by atoms with Crippen LogP contribution in [0.1, 0.15) is 11.1 Å². The minimum atomic E-state index is -4.14. The highest BCUT2D eigenvalue weighted by Gasteiger charge is 2.24. The second-order valence-corrected chi connectivity index (χ2v) is 6.51. The van der Waals surface area contributed by atoms with Crippen LogP contribution >= 0.6 is 0 Å². The van der Waals surface area contributed by atoms with Crippen molar-refractivity contribution in [3.05, 3.63) is 65.7 Å². The summed E-state index contributed by atoms with van der Waals surface area (Å²) in [6, 6.07) is 14.1. The van der Waals surface area contributed by atoms with Gasteiger partial charge in [-0.3, -0.25) is 0 Å². The highest BCUT2D eigenvalue weighted by molar-refractivity contribution is 7.87. The van der Waals surface area contributed by atoms with Crippen LogP contribution in [-0.2, 0) is 25.5 Å². The van der Waals surface area contributed by atoms with Crippen molar-refractivity contribution in [2.24, 2.45) is 5.73 Å². The predicted octanol–water partition coefficient (Wildman–Crippen LogP) is 1.80. The Labute approximate surface area is 129 Å². The van der Waals surface area contributed by atoms with Crippen molar-refractivity contribution in [1.82, 2.24) is 0 Å². The van der Waals surface area contributed by atoms with Crippen molar-refractivity contribution < 1.29 is 17.4 Å². The van der Waals surface area contributed by atoms with Gasteiger partial charge in [0.05, 0.1) is 0 Å². The number of hydrogen-bond donors (Lipinski definition) is 1. The molecule has 2 N–H and O–H groups in total. The first-order valence-electron chi connectivity index (χ1n) is 6.73. The van der Waals surface area contributed by atoms with Crippen LogP contribution in [0.15, 0.2) is 59.5 Å². The van der Waals surface area contributed by atoms with E-state index in [4.69, 9.17) is 5.73 Å². The minimum Gasteiger partial charge on any atom is -0.341 e. The van der Waals surface area contributed by atoms with Crippen molar-refractivity contribution in [3.63, 3.8) is 0 Å². The van der Waals surface area contributed by atoms with Crippen molar-refractivity contribution in [2.75, 3.05) is 0 Å². The molecular formula is C16H17NO4S. The zero-order valence-corrected chi connectivity index (χ0v) is 12.9. The fourth-order valence-electron chi connectivity index (χ4n) is 1.87. The van der Waals surface area contributed by atoms with Crippen LogP contribution < -0.4 is 5.73 Å². The molecule has 6 heteroatoms. The molecule has 0 aliphatic heterocycles. The molecule has 0 unspecified atom stereocenters. The van der Waals surface area contributed by atoms with Crippen LogP contribution in [-0.4, -0.2) is 20.4 Å². The molecule has 0 heterocycles. The lowest BCUT2D eigenvalue weighted by Gasteiger charge is -2.11. The lowest BCUT2D eigenvalue weighted by atomic mass is 10.1. The van der Waals surface area contributed by atoms with Gasteiger partial charge in [0.1, 0.15) is 10.9 Å². The van der Waals surface area contributed by atoms with Crippen molar-refractivity contribution in [1.29, 1.82) is 0 Å². The third-order valence-electron chi connectivity index (χ3n) is 3.10. The standard InChI is InChI=1S/C16H17NO4S/c1-12-7-9-14(10-8-12)22(19,20)21-16(18)15(17)11-13-5-3-2-4-6-13/h2-10,15H,11,17H2,1H3/t15-/m0/s1. The van der Waals surface area contributed by atoms with Crippen molar-refractivity contribution in [2.45, 2.75) is 24.3 Å². The average molecular weight is 319 g/mol. The molecule has 0 amide bonds. The van der Waals surface area contributed by atoms with Gasteiger partial charge in [-0.25, -0.2) is 4.79 Å². The van der Waals surface area contributed by atoms with Gasteiger partial charge in [0.15, 0.2) is 0 Å². The summed E-state index contributed by atoms with van der Waals surface area (Å²) < 4.78 is 28.6. The van der Waals surface area contributed by atoms with Crippen LogP contribution in [0.4, 0.5) is 0 Å². The number of benzene rings is 2. The van der Waals surface area contributed by atoms with Gasteiger partial charge in [-0.2, -0.15) is 8.42 Å². The van der Waals surface area contributed by atoms with E-state index in [1.165, 1.54) is 12.1 Å². The first-order chi connectivity index (χ1) is 10.4. The fourth-order valence-corrected chi connectivity index (χ4v) is 2.78. The molecule has 5 nitrogen and oxygen atoms in total. The fraction of sp³-hybridized carbons (Fsp3) is 0.188. The number of nitrogens with two attached hydrogens (primary N) is 1. The smallest absolute Gasteiger partial charge is 0.341 e. The molecule has 1 atom stereocenters. The van der Waals surface area contributed by atoms with E-state index in [0.29, 0.717) is 0 Å². The van der Waals surface area contributed by atoms with Crippen LogP contribution in [0, 0.1) is 6.92 Å². The van der Waals surface area contributed by atoms with Gasteiger partial charge in [0, 0.05) is 0 Å². The lowest BCUT2D eigenvalue weighted by molar-refractivity contribution is -0.135. The maximum atomic E-state index is 12.0. The predicted molar refractivity (Wildman–Crippen MR) is 82.6 cm³/mol. The SMILES string of the molecule is Cc1ccc(S(=O)(=O)OC(=O)[C@@H](N)Cc2ccccc2)cc1. The lowest BCUT2D eigenvalue weighted by Crippen LogP contribution is -2.35. The van der Waals surface area contributed by atoms with E-state index in [-0.39, 0.29) is 11.3 Å². The molecule has 2 rings (SSSR count). The van der Waals surface area contributed by atoms with Gasteiger partial charge in [-0.05, 0) is 31.0 Å². The average Bonchev–Trinajstić information content (AvgIpc) is 2.48. The Morgan fingerprint density at radius 1 is 1.09 bits per heavy atom.